The molecule has 7 nitrogen and oxygen atoms in total. The van der Waals surface area contributed by atoms with Gasteiger partial charge in [0.15, 0.2) is 11.5 Å². The van der Waals surface area contributed by atoms with Gasteiger partial charge in [0, 0.05) is 38.6 Å². The largest absolute Gasteiger partial charge is 0.493 e. The van der Waals surface area contributed by atoms with Gasteiger partial charge in [0.25, 0.3) is 0 Å². The second-order valence-electron chi connectivity index (χ2n) is 11.8. The van der Waals surface area contributed by atoms with Gasteiger partial charge in [-0.2, -0.15) is 0 Å². The SMILES string of the molecule is COCCCOc1cc(C[C@@H](C[C@H](N)[C@@H](O)C[C@H](C(=O)NCC2CCCC2)C(C)C)C(C)C)ccc1OC. The van der Waals surface area contributed by atoms with Crippen molar-refractivity contribution in [3.8, 4) is 11.5 Å². The molecule has 2 rings (SSSR count). The molecular weight excluding hydrogens is 480 g/mol. The number of aliphatic hydroxyl groups is 1. The summed E-state index contributed by atoms with van der Waals surface area (Å²) >= 11 is 0. The number of carbonyl (C=O) groups excluding carboxylic acids is 1. The van der Waals surface area contributed by atoms with Gasteiger partial charge in [0.1, 0.15) is 0 Å². The zero-order valence-electron chi connectivity index (χ0n) is 24.7. The average Bonchev–Trinajstić information content (AvgIpc) is 3.41. The summed E-state index contributed by atoms with van der Waals surface area (Å²) in [6, 6.07) is 5.67. The van der Waals surface area contributed by atoms with Crippen molar-refractivity contribution in [2.75, 3.05) is 34.0 Å². The number of aliphatic hydroxyl groups excluding tert-OH is 1. The van der Waals surface area contributed by atoms with Gasteiger partial charge in [0.05, 0.1) is 19.8 Å². The predicted molar refractivity (Wildman–Crippen MR) is 154 cm³/mol. The number of rotatable bonds is 18. The fourth-order valence-electron chi connectivity index (χ4n) is 5.45. The molecule has 0 aliphatic heterocycles. The molecule has 0 spiro atoms. The molecule has 4 N–H and O–H groups in total. The Morgan fingerprint density at radius 1 is 1.05 bits per heavy atom. The van der Waals surface area contributed by atoms with Crippen molar-refractivity contribution in [1.82, 2.24) is 5.32 Å². The van der Waals surface area contributed by atoms with Gasteiger partial charge >= 0.3 is 0 Å². The van der Waals surface area contributed by atoms with E-state index in [1.165, 1.54) is 25.7 Å². The lowest BCUT2D eigenvalue weighted by Crippen LogP contribution is -2.43. The lowest BCUT2D eigenvalue weighted by Gasteiger charge is -2.30. The third-order valence-electron chi connectivity index (χ3n) is 8.16. The minimum atomic E-state index is -0.726. The van der Waals surface area contributed by atoms with Gasteiger partial charge in [-0.05, 0) is 73.5 Å². The molecule has 4 atom stereocenters. The summed E-state index contributed by atoms with van der Waals surface area (Å²) in [5.41, 5.74) is 7.72. The number of carbonyl (C=O) groups is 1. The minimum absolute atomic E-state index is 0.0508. The molecule has 0 aromatic heterocycles. The van der Waals surface area contributed by atoms with Crippen LogP contribution < -0.4 is 20.5 Å². The van der Waals surface area contributed by atoms with Crippen molar-refractivity contribution in [3.05, 3.63) is 23.8 Å². The molecule has 7 heteroatoms. The van der Waals surface area contributed by atoms with Crippen LogP contribution in [0, 0.1) is 29.6 Å². The third-order valence-corrected chi connectivity index (χ3v) is 8.16. The fourth-order valence-corrected chi connectivity index (χ4v) is 5.45. The summed E-state index contributed by atoms with van der Waals surface area (Å²) in [7, 11) is 3.33. The van der Waals surface area contributed by atoms with Gasteiger partial charge in [0.2, 0.25) is 5.91 Å². The van der Waals surface area contributed by atoms with Crippen molar-refractivity contribution in [3.63, 3.8) is 0 Å². The van der Waals surface area contributed by atoms with E-state index in [1.54, 1.807) is 14.2 Å². The molecule has 0 bridgehead atoms. The molecule has 1 aromatic carbocycles. The summed E-state index contributed by atoms with van der Waals surface area (Å²) in [6.07, 6.45) is 6.91. The fraction of sp³-hybridized carbons (Fsp3) is 0.774. The predicted octanol–water partition coefficient (Wildman–Crippen LogP) is 4.97. The molecule has 0 radical (unpaired) electrons. The van der Waals surface area contributed by atoms with Crippen molar-refractivity contribution in [2.45, 2.75) is 91.2 Å². The molecule has 38 heavy (non-hydrogen) atoms. The van der Waals surface area contributed by atoms with Crippen LogP contribution in [0.3, 0.4) is 0 Å². The summed E-state index contributed by atoms with van der Waals surface area (Å²) in [4.78, 5) is 13.0. The van der Waals surface area contributed by atoms with E-state index in [-0.39, 0.29) is 23.7 Å². The number of nitrogens with two attached hydrogens (primary N) is 1. The van der Waals surface area contributed by atoms with Gasteiger partial charge in [-0.1, -0.05) is 46.6 Å². The normalized spacial score (nSPS) is 17.4. The average molecular weight is 535 g/mol. The topological polar surface area (TPSA) is 103 Å². The molecule has 1 aliphatic carbocycles. The maximum absolute atomic E-state index is 13.0. The van der Waals surface area contributed by atoms with Gasteiger partial charge in [-0.25, -0.2) is 0 Å². The Labute approximate surface area is 231 Å². The van der Waals surface area contributed by atoms with E-state index in [0.717, 1.165) is 30.7 Å². The summed E-state index contributed by atoms with van der Waals surface area (Å²) in [6.45, 7) is 10.5. The van der Waals surface area contributed by atoms with Gasteiger partial charge in [-0.3, -0.25) is 4.79 Å². The van der Waals surface area contributed by atoms with E-state index in [0.29, 0.717) is 43.6 Å². The lowest BCUT2D eigenvalue weighted by atomic mass is 9.80. The Hall–Kier alpha value is -1.83. The maximum Gasteiger partial charge on any atom is 0.223 e. The summed E-state index contributed by atoms with van der Waals surface area (Å²) in [5.74, 6) is 2.66. The number of nitrogens with one attached hydrogen (secondary N) is 1. The first-order valence-corrected chi connectivity index (χ1v) is 14.7. The minimum Gasteiger partial charge on any atom is -0.493 e. The third kappa shape index (κ3) is 10.7. The van der Waals surface area contributed by atoms with Crippen molar-refractivity contribution in [1.29, 1.82) is 0 Å². The first kappa shape index (κ1) is 32.4. The van der Waals surface area contributed by atoms with E-state index in [1.807, 2.05) is 26.0 Å². The highest BCUT2D eigenvalue weighted by Crippen LogP contribution is 2.32. The zero-order valence-corrected chi connectivity index (χ0v) is 24.7. The van der Waals surface area contributed by atoms with E-state index in [2.05, 4.69) is 25.2 Å². The smallest absolute Gasteiger partial charge is 0.223 e. The highest BCUT2D eigenvalue weighted by atomic mass is 16.5. The van der Waals surface area contributed by atoms with Crippen LogP contribution in [-0.2, 0) is 16.0 Å². The summed E-state index contributed by atoms with van der Waals surface area (Å²) < 4.78 is 16.6. The van der Waals surface area contributed by atoms with E-state index < -0.39 is 12.1 Å². The highest BCUT2D eigenvalue weighted by molar-refractivity contribution is 5.78. The van der Waals surface area contributed by atoms with Crippen LogP contribution >= 0.6 is 0 Å². The lowest BCUT2D eigenvalue weighted by molar-refractivity contribution is -0.127. The molecule has 1 fully saturated rings. The van der Waals surface area contributed by atoms with Crippen LogP contribution in [0.25, 0.3) is 0 Å². The maximum atomic E-state index is 13.0. The van der Waals surface area contributed by atoms with Crippen LogP contribution in [0.4, 0.5) is 0 Å². The number of amides is 1. The number of benzene rings is 1. The molecular formula is C31H54N2O5. The first-order chi connectivity index (χ1) is 18.2. The number of hydrogen-bond donors (Lipinski definition) is 3. The highest BCUT2D eigenvalue weighted by Gasteiger charge is 2.30. The monoisotopic (exact) mass is 534 g/mol. The molecule has 0 unspecified atom stereocenters. The number of hydrogen-bond acceptors (Lipinski definition) is 6. The Kier molecular flexibility index (Phi) is 14.5. The van der Waals surface area contributed by atoms with E-state index in [9.17, 15) is 9.90 Å². The number of methoxy groups -OCH3 is 2. The Balaban J connectivity index is 1.97. The Bertz CT molecular complexity index is 809. The van der Waals surface area contributed by atoms with Crippen molar-refractivity contribution >= 4 is 5.91 Å². The molecule has 1 amide bonds. The number of ether oxygens (including phenoxy) is 3. The van der Waals surface area contributed by atoms with Gasteiger partial charge < -0.3 is 30.4 Å². The Morgan fingerprint density at radius 3 is 2.37 bits per heavy atom. The molecule has 1 aromatic rings. The van der Waals surface area contributed by atoms with E-state index >= 15 is 0 Å². The van der Waals surface area contributed by atoms with Crippen LogP contribution in [0.2, 0.25) is 0 Å². The quantitative estimate of drug-likeness (QED) is 0.230. The summed E-state index contributed by atoms with van der Waals surface area (Å²) in [5, 5.41) is 14.2. The second kappa shape index (κ2) is 17.0. The zero-order chi connectivity index (χ0) is 28.1. The standard InChI is InChI=1S/C31H54N2O5/c1-21(2)25(16-24-12-13-29(37-6)30(17-24)38-15-9-14-36-5)18-27(32)28(34)19-26(22(3)4)31(35)33-20-23-10-7-8-11-23/h12-13,17,21-23,25-28,34H,7-11,14-16,18-20,32H2,1-6H3,(H,33,35)/t25-,26-,27-,28-/m0/s1. The van der Waals surface area contributed by atoms with Crippen molar-refractivity contribution in [2.24, 2.45) is 35.3 Å². The second-order valence-corrected chi connectivity index (χ2v) is 11.8. The van der Waals surface area contributed by atoms with Crippen LogP contribution in [0.5, 0.6) is 11.5 Å². The molecule has 0 heterocycles. The van der Waals surface area contributed by atoms with Gasteiger partial charge in [-0.15, -0.1) is 0 Å². The van der Waals surface area contributed by atoms with Crippen molar-refractivity contribution < 1.29 is 24.1 Å². The first-order valence-electron chi connectivity index (χ1n) is 14.7. The van der Waals surface area contributed by atoms with Crippen LogP contribution in [-0.4, -0.2) is 57.1 Å². The molecule has 0 saturated heterocycles. The van der Waals surface area contributed by atoms with E-state index in [4.69, 9.17) is 19.9 Å². The molecule has 218 valence electrons. The Morgan fingerprint density at radius 2 is 1.76 bits per heavy atom. The van der Waals surface area contributed by atoms with Crippen LogP contribution in [0.15, 0.2) is 18.2 Å². The van der Waals surface area contributed by atoms with Crippen LogP contribution in [0.1, 0.15) is 78.2 Å². The molecule has 1 aliphatic rings. The molecule has 1 saturated carbocycles.